The fraction of sp³-hybridized carbons (Fsp3) is 0.364. The summed E-state index contributed by atoms with van der Waals surface area (Å²) in [4.78, 5) is 19.9. The van der Waals surface area contributed by atoms with Gasteiger partial charge in [0.15, 0.2) is 5.82 Å². The number of nitrogens with one attached hydrogen (secondary N) is 1. The highest BCUT2D eigenvalue weighted by molar-refractivity contribution is 7.89. The van der Waals surface area contributed by atoms with Crippen molar-refractivity contribution in [2.45, 2.75) is 30.2 Å². The van der Waals surface area contributed by atoms with Crippen molar-refractivity contribution in [3.05, 3.63) is 76.3 Å². The summed E-state index contributed by atoms with van der Waals surface area (Å²) in [6.45, 7) is 2.27. The van der Waals surface area contributed by atoms with Gasteiger partial charge in [0.05, 0.1) is 4.90 Å². The molecule has 1 N–H and O–H groups in total. The van der Waals surface area contributed by atoms with Gasteiger partial charge < -0.3 is 0 Å². The van der Waals surface area contributed by atoms with E-state index in [1.807, 2.05) is 24.3 Å². The van der Waals surface area contributed by atoms with Gasteiger partial charge in [0, 0.05) is 49.7 Å². The Balaban J connectivity index is 1.28. The molecule has 0 spiro atoms. The maximum atomic E-state index is 13.0. The van der Waals surface area contributed by atoms with Crippen molar-refractivity contribution in [3.63, 3.8) is 0 Å². The molecule has 0 saturated carbocycles. The summed E-state index contributed by atoms with van der Waals surface area (Å²) in [6.07, 6.45) is 4.10. The van der Waals surface area contributed by atoms with Gasteiger partial charge in [0.1, 0.15) is 0 Å². The van der Waals surface area contributed by atoms with Crippen molar-refractivity contribution in [1.29, 1.82) is 0 Å². The fourth-order valence-corrected chi connectivity index (χ4v) is 6.04. The molecule has 1 aliphatic carbocycles. The molecule has 9 heteroatoms. The topological polar surface area (TPSA) is 91.3 Å². The number of aromatic nitrogens is 3. The first-order valence-electron chi connectivity index (χ1n) is 10.6. The maximum absolute atomic E-state index is 13.0. The minimum Gasteiger partial charge on any atom is -0.297 e. The van der Waals surface area contributed by atoms with Crippen LogP contribution in [-0.4, -0.2) is 64.6 Å². The van der Waals surface area contributed by atoms with Gasteiger partial charge in [-0.15, -0.1) is 0 Å². The van der Waals surface area contributed by atoms with E-state index in [2.05, 4.69) is 15.0 Å². The number of nitrogens with zero attached hydrogens (tertiary/aromatic N) is 4. The Morgan fingerprint density at radius 1 is 0.968 bits per heavy atom. The number of sulfonamides is 1. The van der Waals surface area contributed by atoms with Crippen LogP contribution >= 0.6 is 0 Å². The highest BCUT2D eigenvalue weighted by Gasteiger charge is 2.33. The molecule has 31 heavy (non-hydrogen) atoms. The Hall–Kier alpha value is -2.75. The Kier molecular flexibility index (Phi) is 5.25. The molecule has 162 valence electrons. The molecular weight excluding hydrogens is 414 g/mol. The van der Waals surface area contributed by atoms with E-state index in [4.69, 9.17) is 0 Å². The zero-order chi connectivity index (χ0) is 21.4. The second kappa shape index (κ2) is 8.07. The van der Waals surface area contributed by atoms with Crippen LogP contribution in [0.3, 0.4) is 0 Å². The molecule has 1 fully saturated rings. The van der Waals surface area contributed by atoms with Gasteiger partial charge >= 0.3 is 0 Å². The fourth-order valence-electron chi connectivity index (χ4n) is 4.59. The van der Waals surface area contributed by atoms with Gasteiger partial charge in [0.25, 0.3) is 5.56 Å². The lowest BCUT2D eigenvalue weighted by atomic mass is 9.92. The van der Waals surface area contributed by atoms with Crippen LogP contribution in [0, 0.1) is 0 Å². The molecule has 0 bridgehead atoms. The third-order valence-electron chi connectivity index (χ3n) is 6.29. The van der Waals surface area contributed by atoms with Gasteiger partial charge in [-0.05, 0) is 43.5 Å². The SMILES string of the molecule is O=c1c2c([nH]n1-c1ccccn1)CCC(N1CCN(S(=O)(=O)c3ccccc3)CC1)C2. The summed E-state index contributed by atoms with van der Waals surface area (Å²) in [5.74, 6) is 0.596. The van der Waals surface area contributed by atoms with Crippen molar-refractivity contribution >= 4 is 10.0 Å². The van der Waals surface area contributed by atoms with E-state index in [0.29, 0.717) is 43.3 Å². The second-order valence-corrected chi connectivity index (χ2v) is 9.99. The zero-order valence-corrected chi connectivity index (χ0v) is 18.0. The molecule has 0 radical (unpaired) electrons. The van der Waals surface area contributed by atoms with E-state index in [1.165, 1.54) is 4.68 Å². The lowest BCUT2D eigenvalue weighted by molar-refractivity contribution is 0.126. The van der Waals surface area contributed by atoms with Crippen LogP contribution in [0.5, 0.6) is 0 Å². The van der Waals surface area contributed by atoms with Gasteiger partial charge in [0.2, 0.25) is 10.0 Å². The molecule has 3 heterocycles. The van der Waals surface area contributed by atoms with Crippen LogP contribution in [0.25, 0.3) is 5.82 Å². The van der Waals surface area contributed by atoms with Crippen molar-refractivity contribution in [1.82, 2.24) is 24.0 Å². The monoisotopic (exact) mass is 439 g/mol. The number of hydrogen-bond donors (Lipinski definition) is 1. The number of hydrogen-bond acceptors (Lipinski definition) is 5. The molecule has 3 aromatic rings. The number of pyridine rings is 1. The molecule has 0 amide bonds. The molecule has 1 saturated heterocycles. The van der Waals surface area contributed by atoms with Crippen molar-refractivity contribution in [2.24, 2.45) is 0 Å². The van der Waals surface area contributed by atoms with Crippen LogP contribution in [-0.2, 0) is 22.9 Å². The van der Waals surface area contributed by atoms with E-state index in [1.54, 1.807) is 34.8 Å². The quantitative estimate of drug-likeness (QED) is 0.664. The molecule has 1 atom stereocenters. The number of rotatable bonds is 4. The van der Waals surface area contributed by atoms with Crippen molar-refractivity contribution < 1.29 is 8.42 Å². The highest BCUT2D eigenvalue weighted by atomic mass is 32.2. The molecular formula is C22H25N5O3S. The maximum Gasteiger partial charge on any atom is 0.276 e. The standard InChI is InChI=1S/C22H25N5O3S/c28-22-19-16-17(9-10-20(19)24-27(22)21-8-4-5-11-23-21)25-12-14-26(15-13-25)31(29,30)18-6-2-1-3-7-18/h1-8,11,17,24H,9-10,12-16H2. The number of benzene rings is 1. The van der Waals surface area contributed by atoms with E-state index >= 15 is 0 Å². The lowest BCUT2D eigenvalue weighted by Gasteiger charge is -2.39. The van der Waals surface area contributed by atoms with Gasteiger partial charge in [-0.1, -0.05) is 24.3 Å². The zero-order valence-electron chi connectivity index (χ0n) is 17.1. The predicted molar refractivity (Wildman–Crippen MR) is 117 cm³/mol. The van der Waals surface area contributed by atoms with Gasteiger partial charge in [-0.25, -0.2) is 18.1 Å². The summed E-state index contributed by atoms with van der Waals surface area (Å²) < 4.78 is 28.8. The first-order valence-corrected chi connectivity index (χ1v) is 12.0. The molecule has 8 nitrogen and oxygen atoms in total. The van der Waals surface area contributed by atoms with Crippen LogP contribution < -0.4 is 5.56 Å². The predicted octanol–water partition coefficient (Wildman–Crippen LogP) is 1.42. The minimum atomic E-state index is -3.46. The van der Waals surface area contributed by atoms with E-state index < -0.39 is 10.0 Å². The van der Waals surface area contributed by atoms with Crippen LogP contribution in [0.4, 0.5) is 0 Å². The Morgan fingerprint density at radius 2 is 1.71 bits per heavy atom. The average molecular weight is 440 g/mol. The number of aromatic amines is 1. The first-order chi connectivity index (χ1) is 15.0. The van der Waals surface area contributed by atoms with Gasteiger partial charge in [-0.3, -0.25) is 14.8 Å². The summed E-state index contributed by atoms with van der Waals surface area (Å²) in [5, 5.41) is 3.22. The summed E-state index contributed by atoms with van der Waals surface area (Å²) in [6, 6.07) is 14.3. The average Bonchev–Trinajstić information content (AvgIpc) is 3.16. The summed E-state index contributed by atoms with van der Waals surface area (Å²) in [5.41, 5.74) is 1.77. The van der Waals surface area contributed by atoms with Crippen LogP contribution in [0.15, 0.2) is 64.4 Å². The normalized spacial score (nSPS) is 20.5. The Morgan fingerprint density at radius 3 is 2.42 bits per heavy atom. The van der Waals surface area contributed by atoms with E-state index in [-0.39, 0.29) is 11.6 Å². The number of fused-ring (bicyclic) bond motifs is 1. The molecule has 1 aliphatic heterocycles. The molecule has 1 unspecified atom stereocenters. The van der Waals surface area contributed by atoms with Gasteiger partial charge in [-0.2, -0.15) is 4.31 Å². The highest BCUT2D eigenvalue weighted by Crippen LogP contribution is 2.24. The smallest absolute Gasteiger partial charge is 0.276 e. The third kappa shape index (κ3) is 3.73. The first kappa shape index (κ1) is 20.2. The molecule has 2 aromatic heterocycles. The lowest BCUT2D eigenvalue weighted by Crippen LogP contribution is -2.53. The molecule has 2 aliphatic rings. The number of aryl methyl sites for hydroxylation is 1. The summed E-state index contributed by atoms with van der Waals surface area (Å²) in [7, 11) is -3.46. The third-order valence-corrected chi connectivity index (χ3v) is 8.20. The van der Waals surface area contributed by atoms with E-state index in [0.717, 1.165) is 24.1 Å². The molecule has 5 rings (SSSR count). The van der Waals surface area contributed by atoms with Crippen LogP contribution in [0.2, 0.25) is 0 Å². The minimum absolute atomic E-state index is 0.0382. The van der Waals surface area contributed by atoms with Crippen molar-refractivity contribution in [2.75, 3.05) is 26.2 Å². The Labute approximate surface area is 181 Å². The largest absolute Gasteiger partial charge is 0.297 e. The van der Waals surface area contributed by atoms with Crippen LogP contribution in [0.1, 0.15) is 17.7 Å². The number of H-pyrrole nitrogens is 1. The summed E-state index contributed by atoms with van der Waals surface area (Å²) >= 11 is 0. The van der Waals surface area contributed by atoms with Crippen molar-refractivity contribution in [3.8, 4) is 5.82 Å². The Bertz CT molecular complexity index is 1210. The van der Waals surface area contributed by atoms with E-state index in [9.17, 15) is 13.2 Å². The molecule has 1 aromatic carbocycles. The second-order valence-electron chi connectivity index (χ2n) is 8.05. The number of piperazine rings is 1.